The summed E-state index contributed by atoms with van der Waals surface area (Å²) in [4.78, 5) is 22.7. The molecule has 0 amide bonds. The molecule has 29 heavy (non-hydrogen) atoms. The molecule has 3 aromatic heterocycles. The van der Waals surface area contributed by atoms with Crippen molar-refractivity contribution >= 4 is 33.0 Å². The highest BCUT2D eigenvalue weighted by Crippen LogP contribution is 2.34. The van der Waals surface area contributed by atoms with Crippen molar-refractivity contribution in [2.45, 2.75) is 25.8 Å². The predicted molar refractivity (Wildman–Crippen MR) is 117 cm³/mol. The third kappa shape index (κ3) is 3.71. The third-order valence-electron chi connectivity index (χ3n) is 5.26. The van der Waals surface area contributed by atoms with Crippen LogP contribution in [0.25, 0.3) is 15.8 Å². The molecule has 0 unspecified atom stereocenters. The minimum absolute atomic E-state index is 0.256. The van der Waals surface area contributed by atoms with Crippen LogP contribution < -0.4 is 11.0 Å². The van der Waals surface area contributed by atoms with Crippen LogP contribution in [0.15, 0.2) is 53.6 Å². The van der Waals surface area contributed by atoms with Crippen LogP contribution in [0.2, 0.25) is 5.02 Å². The Labute approximate surface area is 177 Å². The van der Waals surface area contributed by atoms with E-state index in [1.807, 2.05) is 41.8 Å². The minimum Gasteiger partial charge on any atom is -0.312 e. The zero-order valence-corrected chi connectivity index (χ0v) is 17.3. The summed E-state index contributed by atoms with van der Waals surface area (Å²) in [6.07, 6.45) is 5.90. The Morgan fingerprint density at radius 2 is 2.03 bits per heavy atom. The first-order valence-corrected chi connectivity index (χ1v) is 10.8. The normalized spacial score (nSPS) is 13.6. The second kappa shape index (κ2) is 7.71. The molecule has 1 N–H and O–H groups in total. The Morgan fingerprint density at radius 1 is 1.14 bits per heavy atom. The number of thiophene rings is 1. The predicted octanol–water partition coefficient (Wildman–Crippen LogP) is 3.93. The van der Waals surface area contributed by atoms with Gasteiger partial charge in [0.05, 0.1) is 10.7 Å². The molecule has 0 aliphatic carbocycles. The molecule has 4 heterocycles. The van der Waals surface area contributed by atoms with Crippen molar-refractivity contribution in [1.82, 2.24) is 19.9 Å². The lowest BCUT2D eigenvalue weighted by Crippen LogP contribution is -2.22. The lowest BCUT2D eigenvalue weighted by Gasteiger charge is -2.12. The van der Waals surface area contributed by atoms with Gasteiger partial charge in [-0.3, -0.25) is 9.55 Å². The van der Waals surface area contributed by atoms with E-state index in [-0.39, 0.29) is 5.69 Å². The molecular weight excluding hydrogens is 404 g/mol. The number of nitrogens with one attached hydrogen (secondary N) is 1. The lowest BCUT2D eigenvalue weighted by atomic mass is 10.1. The number of fused-ring (bicyclic) bond motifs is 3. The first-order valence-electron chi connectivity index (χ1n) is 9.62. The summed E-state index contributed by atoms with van der Waals surface area (Å²) >= 11 is 7.70. The van der Waals surface area contributed by atoms with Crippen LogP contribution in [-0.2, 0) is 25.8 Å². The van der Waals surface area contributed by atoms with Crippen molar-refractivity contribution in [2.24, 2.45) is 0 Å². The summed E-state index contributed by atoms with van der Waals surface area (Å²) in [5.74, 6) is 0. The fraction of sp³-hybridized carbons (Fsp3) is 0.227. The topological polar surface area (TPSA) is 59.8 Å². The summed E-state index contributed by atoms with van der Waals surface area (Å²) in [6.45, 7) is 1.95. The third-order valence-corrected chi connectivity index (χ3v) is 6.73. The molecule has 0 spiro atoms. The van der Waals surface area contributed by atoms with Crippen LogP contribution >= 0.6 is 22.9 Å². The molecule has 1 aromatic carbocycles. The van der Waals surface area contributed by atoms with Gasteiger partial charge in [-0.1, -0.05) is 17.7 Å². The van der Waals surface area contributed by atoms with E-state index >= 15 is 0 Å². The highest BCUT2D eigenvalue weighted by atomic mass is 35.5. The Bertz CT molecular complexity index is 1250. The quantitative estimate of drug-likeness (QED) is 0.541. The largest absolute Gasteiger partial charge is 0.352 e. The molecule has 0 fully saturated rings. The summed E-state index contributed by atoms with van der Waals surface area (Å²) in [6, 6.07) is 11.9. The van der Waals surface area contributed by atoms with E-state index in [9.17, 15) is 4.79 Å². The fourth-order valence-electron chi connectivity index (χ4n) is 3.73. The Morgan fingerprint density at radius 3 is 2.86 bits per heavy atom. The van der Waals surface area contributed by atoms with Crippen LogP contribution in [0.3, 0.4) is 0 Å². The van der Waals surface area contributed by atoms with Crippen LogP contribution in [0, 0.1) is 0 Å². The fourth-order valence-corrected chi connectivity index (χ4v) is 5.10. The maximum atomic E-state index is 12.6. The van der Waals surface area contributed by atoms with E-state index in [4.69, 9.17) is 11.6 Å². The molecule has 146 valence electrons. The summed E-state index contributed by atoms with van der Waals surface area (Å²) < 4.78 is 2.83. The van der Waals surface area contributed by atoms with Gasteiger partial charge in [-0.05, 0) is 60.5 Å². The van der Waals surface area contributed by atoms with Gasteiger partial charge in [0.2, 0.25) is 0 Å². The summed E-state index contributed by atoms with van der Waals surface area (Å²) in [7, 11) is 0. The second-order valence-electron chi connectivity index (χ2n) is 7.15. The van der Waals surface area contributed by atoms with Gasteiger partial charge in [0.1, 0.15) is 0 Å². The van der Waals surface area contributed by atoms with Crippen LogP contribution in [0.4, 0.5) is 0 Å². The first-order chi connectivity index (χ1) is 14.2. The number of aromatic nitrogens is 3. The molecule has 1 aliphatic heterocycles. The number of rotatable bonds is 4. The SMILES string of the molecule is O=c1nc(CCc2ccc(Cl)cn2)ccn1-c1ccc2c3c(sc2c1)CCNC3. The minimum atomic E-state index is -0.256. The molecule has 7 heteroatoms. The number of hydrogen-bond donors (Lipinski definition) is 1. The van der Waals surface area contributed by atoms with Crippen LogP contribution in [-0.4, -0.2) is 21.1 Å². The smallest absolute Gasteiger partial charge is 0.312 e. The summed E-state index contributed by atoms with van der Waals surface area (Å²) in [5, 5.41) is 5.34. The van der Waals surface area contributed by atoms with Gasteiger partial charge in [-0.15, -0.1) is 11.3 Å². The van der Waals surface area contributed by atoms with Gasteiger partial charge in [-0.25, -0.2) is 4.79 Å². The lowest BCUT2D eigenvalue weighted by molar-refractivity contribution is 0.656. The number of benzene rings is 1. The molecule has 1 aliphatic rings. The zero-order valence-electron chi connectivity index (χ0n) is 15.7. The second-order valence-corrected chi connectivity index (χ2v) is 8.72. The van der Waals surface area contributed by atoms with Gasteiger partial charge < -0.3 is 5.32 Å². The molecule has 0 saturated carbocycles. The van der Waals surface area contributed by atoms with Gasteiger partial charge in [0.15, 0.2) is 0 Å². The van der Waals surface area contributed by atoms with Crippen molar-refractivity contribution in [3.63, 3.8) is 0 Å². The molecule has 5 rings (SSSR count). The van der Waals surface area contributed by atoms with E-state index < -0.39 is 0 Å². The molecular formula is C22H19ClN4OS. The maximum Gasteiger partial charge on any atom is 0.352 e. The molecule has 0 radical (unpaired) electrons. The first kappa shape index (κ1) is 18.5. The van der Waals surface area contributed by atoms with Crippen molar-refractivity contribution < 1.29 is 0 Å². The average molecular weight is 423 g/mol. The number of aryl methyl sites for hydroxylation is 2. The zero-order chi connectivity index (χ0) is 19.8. The van der Waals surface area contributed by atoms with E-state index in [2.05, 4.69) is 27.4 Å². The van der Waals surface area contributed by atoms with Gasteiger partial charge >= 0.3 is 5.69 Å². The monoisotopic (exact) mass is 422 g/mol. The van der Waals surface area contributed by atoms with Gasteiger partial charge in [0, 0.05) is 46.4 Å². The van der Waals surface area contributed by atoms with Crippen molar-refractivity contribution in [3.8, 4) is 5.69 Å². The highest BCUT2D eigenvalue weighted by molar-refractivity contribution is 7.19. The van der Waals surface area contributed by atoms with E-state index in [1.165, 1.54) is 20.5 Å². The number of nitrogens with zero attached hydrogens (tertiary/aromatic N) is 3. The van der Waals surface area contributed by atoms with E-state index in [1.54, 1.807) is 10.8 Å². The van der Waals surface area contributed by atoms with Gasteiger partial charge in [-0.2, -0.15) is 4.98 Å². The van der Waals surface area contributed by atoms with Crippen molar-refractivity contribution in [3.05, 3.63) is 86.1 Å². The van der Waals surface area contributed by atoms with Crippen LogP contribution in [0.5, 0.6) is 0 Å². The number of hydrogen-bond acceptors (Lipinski definition) is 5. The number of pyridine rings is 1. The molecule has 4 aromatic rings. The van der Waals surface area contributed by atoms with Crippen molar-refractivity contribution in [2.75, 3.05) is 6.54 Å². The Kier molecular flexibility index (Phi) is 4.91. The average Bonchev–Trinajstić information content (AvgIpc) is 3.11. The standard InChI is InChI=1S/C22H19ClN4OS/c23-14-1-2-15(25-12-14)3-4-16-8-10-27(22(28)26-16)17-5-6-18-19-13-24-9-7-20(19)29-21(18)11-17/h1-2,5-6,8,10-12,24H,3-4,7,9,13H2. The van der Waals surface area contributed by atoms with Crippen molar-refractivity contribution in [1.29, 1.82) is 0 Å². The molecule has 0 bridgehead atoms. The summed E-state index contributed by atoms with van der Waals surface area (Å²) in [5.41, 5.74) is 3.70. The van der Waals surface area contributed by atoms with Crippen LogP contribution in [0.1, 0.15) is 21.8 Å². The number of halogens is 1. The highest BCUT2D eigenvalue weighted by Gasteiger charge is 2.16. The molecule has 0 atom stereocenters. The molecule has 0 saturated heterocycles. The Balaban J connectivity index is 1.39. The van der Waals surface area contributed by atoms with E-state index in [0.29, 0.717) is 17.9 Å². The van der Waals surface area contributed by atoms with Gasteiger partial charge in [0.25, 0.3) is 0 Å². The molecule has 5 nitrogen and oxygen atoms in total. The Hall–Kier alpha value is -2.54. The van der Waals surface area contributed by atoms with E-state index in [0.717, 1.165) is 36.6 Å². The maximum absolute atomic E-state index is 12.6.